The van der Waals surface area contributed by atoms with Crippen molar-refractivity contribution in [2.24, 2.45) is 10.9 Å². The number of carbonyl (C=O) groups is 1. The molecule has 0 unspecified atom stereocenters. The molecule has 5 heteroatoms. The normalized spacial score (nSPS) is 11.2. The van der Waals surface area contributed by atoms with Gasteiger partial charge in [-0.15, -0.1) is 0 Å². The van der Waals surface area contributed by atoms with E-state index in [1.807, 2.05) is 30.3 Å². The van der Waals surface area contributed by atoms with Gasteiger partial charge in [0.1, 0.15) is 11.7 Å². The van der Waals surface area contributed by atoms with Gasteiger partial charge in [-0.3, -0.25) is 0 Å². The SMILES string of the molecule is N/C(Cc1ccccc1)=N/OC(=O)c1ccc(F)cc1. The summed E-state index contributed by atoms with van der Waals surface area (Å²) in [7, 11) is 0. The number of oxime groups is 1. The Morgan fingerprint density at radius 1 is 1.10 bits per heavy atom. The third-order valence-corrected chi connectivity index (χ3v) is 2.55. The lowest BCUT2D eigenvalue weighted by Gasteiger charge is -2.01. The zero-order valence-electron chi connectivity index (χ0n) is 10.6. The molecule has 0 bridgehead atoms. The van der Waals surface area contributed by atoms with Crippen molar-refractivity contribution in [2.75, 3.05) is 0 Å². The van der Waals surface area contributed by atoms with Gasteiger partial charge in [-0.05, 0) is 29.8 Å². The maximum absolute atomic E-state index is 12.7. The lowest BCUT2D eigenvalue weighted by atomic mass is 10.1. The van der Waals surface area contributed by atoms with Gasteiger partial charge in [0.25, 0.3) is 0 Å². The zero-order valence-corrected chi connectivity index (χ0v) is 10.6. The molecular weight excluding hydrogens is 259 g/mol. The highest BCUT2D eigenvalue weighted by Crippen LogP contribution is 2.05. The molecule has 0 fully saturated rings. The summed E-state index contributed by atoms with van der Waals surface area (Å²) in [6.07, 6.45) is 0.386. The van der Waals surface area contributed by atoms with Crippen molar-refractivity contribution in [1.82, 2.24) is 0 Å². The molecule has 0 amide bonds. The van der Waals surface area contributed by atoms with Crippen molar-refractivity contribution < 1.29 is 14.0 Å². The summed E-state index contributed by atoms with van der Waals surface area (Å²) in [6, 6.07) is 14.4. The number of nitrogens with zero attached hydrogens (tertiary/aromatic N) is 1. The molecule has 0 saturated heterocycles. The predicted octanol–water partition coefficient (Wildman–Crippen LogP) is 2.50. The molecule has 102 valence electrons. The van der Waals surface area contributed by atoms with Gasteiger partial charge < -0.3 is 10.6 Å². The topological polar surface area (TPSA) is 64.7 Å². The highest BCUT2D eigenvalue weighted by atomic mass is 19.1. The molecule has 2 aromatic rings. The van der Waals surface area contributed by atoms with Crippen LogP contribution in [0.15, 0.2) is 59.8 Å². The van der Waals surface area contributed by atoms with E-state index in [2.05, 4.69) is 5.16 Å². The third-order valence-electron chi connectivity index (χ3n) is 2.55. The van der Waals surface area contributed by atoms with Gasteiger partial charge >= 0.3 is 5.97 Å². The molecule has 0 radical (unpaired) electrons. The number of halogens is 1. The number of carbonyl (C=O) groups excluding carboxylic acids is 1. The first-order chi connectivity index (χ1) is 9.65. The molecule has 2 rings (SSSR count). The first-order valence-electron chi connectivity index (χ1n) is 5.98. The minimum absolute atomic E-state index is 0.187. The van der Waals surface area contributed by atoms with Crippen LogP contribution in [0.1, 0.15) is 15.9 Å². The van der Waals surface area contributed by atoms with E-state index < -0.39 is 11.8 Å². The summed E-state index contributed by atoms with van der Waals surface area (Å²) in [5.74, 6) is -0.915. The second-order valence-corrected chi connectivity index (χ2v) is 4.13. The summed E-state index contributed by atoms with van der Waals surface area (Å²) < 4.78 is 12.7. The van der Waals surface area contributed by atoms with Gasteiger partial charge in [0.15, 0.2) is 0 Å². The molecule has 0 spiro atoms. The second kappa shape index (κ2) is 6.47. The van der Waals surface area contributed by atoms with Gasteiger partial charge in [-0.1, -0.05) is 35.5 Å². The van der Waals surface area contributed by atoms with E-state index >= 15 is 0 Å². The van der Waals surface area contributed by atoms with Crippen LogP contribution in [0.5, 0.6) is 0 Å². The molecule has 0 aromatic heterocycles. The van der Waals surface area contributed by atoms with E-state index in [-0.39, 0.29) is 11.4 Å². The molecule has 2 N–H and O–H groups in total. The molecule has 0 heterocycles. The van der Waals surface area contributed by atoms with Crippen LogP contribution in [-0.2, 0) is 11.3 Å². The van der Waals surface area contributed by atoms with Crippen molar-refractivity contribution in [3.8, 4) is 0 Å². The third kappa shape index (κ3) is 3.91. The Hall–Kier alpha value is -2.69. The van der Waals surface area contributed by atoms with Crippen LogP contribution < -0.4 is 5.73 Å². The molecular formula is C15H13FN2O2. The highest BCUT2D eigenvalue weighted by Gasteiger charge is 2.07. The molecule has 4 nitrogen and oxygen atoms in total. The van der Waals surface area contributed by atoms with E-state index in [9.17, 15) is 9.18 Å². The lowest BCUT2D eigenvalue weighted by molar-refractivity contribution is 0.0515. The minimum Gasteiger partial charge on any atom is -0.384 e. The van der Waals surface area contributed by atoms with Crippen LogP contribution in [-0.4, -0.2) is 11.8 Å². The van der Waals surface area contributed by atoms with E-state index in [0.717, 1.165) is 5.56 Å². The Kier molecular flexibility index (Phi) is 4.44. The van der Waals surface area contributed by atoms with Crippen molar-refractivity contribution in [1.29, 1.82) is 0 Å². The van der Waals surface area contributed by atoms with E-state index in [4.69, 9.17) is 10.6 Å². The number of rotatable bonds is 4. The molecule has 0 aliphatic rings. The van der Waals surface area contributed by atoms with Crippen LogP contribution in [0.4, 0.5) is 4.39 Å². The fraction of sp³-hybridized carbons (Fsp3) is 0.0667. The van der Waals surface area contributed by atoms with Gasteiger partial charge in [0, 0.05) is 6.42 Å². The predicted molar refractivity (Wildman–Crippen MR) is 73.6 cm³/mol. The van der Waals surface area contributed by atoms with Crippen LogP contribution in [0.3, 0.4) is 0 Å². The van der Waals surface area contributed by atoms with Gasteiger partial charge in [-0.25, -0.2) is 9.18 Å². The average molecular weight is 272 g/mol. The summed E-state index contributed by atoms with van der Waals surface area (Å²) in [6.45, 7) is 0. The summed E-state index contributed by atoms with van der Waals surface area (Å²) in [5, 5.41) is 3.57. The monoisotopic (exact) mass is 272 g/mol. The first-order valence-corrected chi connectivity index (χ1v) is 5.98. The highest BCUT2D eigenvalue weighted by molar-refractivity contribution is 5.90. The second-order valence-electron chi connectivity index (χ2n) is 4.13. The molecule has 0 saturated carbocycles. The number of hydrogen-bond acceptors (Lipinski definition) is 3. The Morgan fingerprint density at radius 2 is 1.75 bits per heavy atom. The van der Waals surface area contributed by atoms with Gasteiger partial charge in [0.05, 0.1) is 5.56 Å². The van der Waals surface area contributed by atoms with E-state index in [0.29, 0.717) is 6.42 Å². The molecule has 0 atom stereocenters. The smallest absolute Gasteiger partial charge is 0.365 e. The maximum atomic E-state index is 12.7. The van der Waals surface area contributed by atoms with Crippen LogP contribution >= 0.6 is 0 Å². The quantitative estimate of drug-likeness (QED) is 0.402. The maximum Gasteiger partial charge on any atom is 0.365 e. The molecule has 20 heavy (non-hydrogen) atoms. The van der Waals surface area contributed by atoms with E-state index in [1.165, 1.54) is 24.3 Å². The summed E-state index contributed by atoms with van der Waals surface area (Å²) >= 11 is 0. The Balaban J connectivity index is 1.94. The first kappa shape index (κ1) is 13.7. The molecule has 2 aromatic carbocycles. The van der Waals surface area contributed by atoms with Crippen LogP contribution in [0, 0.1) is 5.82 Å². The molecule has 0 aliphatic heterocycles. The lowest BCUT2D eigenvalue weighted by Crippen LogP contribution is -2.16. The van der Waals surface area contributed by atoms with Gasteiger partial charge in [-0.2, -0.15) is 0 Å². The summed E-state index contributed by atoms with van der Waals surface area (Å²) in [4.78, 5) is 16.3. The van der Waals surface area contributed by atoms with E-state index in [1.54, 1.807) is 0 Å². The number of amidine groups is 1. The fourth-order valence-electron chi connectivity index (χ4n) is 1.58. The average Bonchev–Trinajstić information content (AvgIpc) is 2.46. The Bertz CT molecular complexity index is 610. The Labute approximate surface area is 115 Å². The van der Waals surface area contributed by atoms with Crippen LogP contribution in [0.25, 0.3) is 0 Å². The number of hydrogen-bond donors (Lipinski definition) is 1. The van der Waals surface area contributed by atoms with Crippen molar-refractivity contribution in [2.45, 2.75) is 6.42 Å². The van der Waals surface area contributed by atoms with Crippen LogP contribution in [0.2, 0.25) is 0 Å². The fourth-order valence-corrected chi connectivity index (χ4v) is 1.58. The van der Waals surface area contributed by atoms with Crippen molar-refractivity contribution in [3.63, 3.8) is 0 Å². The zero-order chi connectivity index (χ0) is 14.4. The van der Waals surface area contributed by atoms with Crippen molar-refractivity contribution >= 4 is 11.8 Å². The van der Waals surface area contributed by atoms with Crippen molar-refractivity contribution in [3.05, 3.63) is 71.5 Å². The standard InChI is InChI=1S/C15H13FN2O2/c16-13-8-6-12(7-9-13)15(19)20-18-14(17)10-11-4-2-1-3-5-11/h1-9H,10H2,(H2,17,18). The Morgan fingerprint density at radius 3 is 2.40 bits per heavy atom. The summed E-state index contributed by atoms with van der Waals surface area (Å²) in [5.41, 5.74) is 6.84. The van der Waals surface area contributed by atoms with Gasteiger partial charge in [0.2, 0.25) is 0 Å². The minimum atomic E-state index is -0.680. The largest absolute Gasteiger partial charge is 0.384 e. The number of benzene rings is 2. The number of nitrogens with two attached hydrogens (primary N) is 1. The molecule has 0 aliphatic carbocycles.